The number of phenolic OH excluding ortho intramolecular Hbond substituents is 1. The quantitative estimate of drug-likeness (QED) is 0.441. The van der Waals surface area contributed by atoms with Gasteiger partial charge in [0.05, 0.1) is 0 Å². The molecule has 0 aromatic heterocycles. The molecule has 6 nitrogen and oxygen atoms in total. The summed E-state index contributed by atoms with van der Waals surface area (Å²) < 4.78 is 5.87. The highest BCUT2D eigenvalue weighted by Crippen LogP contribution is 2.43. The minimum atomic E-state index is -0.679. The van der Waals surface area contributed by atoms with Crippen LogP contribution in [0.15, 0.2) is 60.7 Å². The number of amides is 1. The van der Waals surface area contributed by atoms with Crippen LogP contribution < -0.4 is 5.32 Å². The molecule has 0 saturated carbocycles. The second kappa shape index (κ2) is 9.18. The van der Waals surface area contributed by atoms with Crippen molar-refractivity contribution in [3.05, 3.63) is 71.8 Å². The molecule has 0 spiro atoms. The largest absolute Gasteiger partial charge is 0.507 e. The summed E-state index contributed by atoms with van der Waals surface area (Å²) in [6.45, 7) is 5.26. The Labute approximate surface area is 181 Å². The van der Waals surface area contributed by atoms with Gasteiger partial charge in [-0.3, -0.25) is 10.1 Å². The molecule has 0 heterocycles. The predicted molar refractivity (Wildman–Crippen MR) is 120 cm³/mol. The molecule has 0 aliphatic rings. The molecule has 0 bridgehead atoms. The molecule has 3 rings (SSSR count). The fraction of sp³-hybridized carbons (Fsp3) is 0.280. The third kappa shape index (κ3) is 5.03. The van der Waals surface area contributed by atoms with Gasteiger partial charge in [-0.1, -0.05) is 44.2 Å². The average molecular weight is 421 g/mol. The molecule has 3 aromatic rings. The fourth-order valence-electron chi connectivity index (χ4n) is 3.64. The maximum atomic E-state index is 12.8. The summed E-state index contributed by atoms with van der Waals surface area (Å²) in [6, 6.07) is 17.3. The third-order valence-corrected chi connectivity index (χ3v) is 5.45. The molecule has 3 N–H and O–H groups in total. The first-order valence-corrected chi connectivity index (χ1v) is 10.1. The number of hydrogen-bond acceptors (Lipinski definition) is 5. The van der Waals surface area contributed by atoms with Crippen molar-refractivity contribution in [2.45, 2.75) is 33.3 Å². The van der Waals surface area contributed by atoms with Crippen LogP contribution in [0.5, 0.6) is 5.75 Å². The van der Waals surface area contributed by atoms with Crippen molar-refractivity contribution in [2.24, 2.45) is 5.41 Å². The maximum Gasteiger partial charge on any atom is 0.412 e. The van der Waals surface area contributed by atoms with E-state index in [1.807, 2.05) is 32.0 Å². The Bertz CT molecular complexity index is 1090. The van der Waals surface area contributed by atoms with Crippen molar-refractivity contribution in [3.8, 4) is 5.75 Å². The lowest BCUT2D eigenvalue weighted by Gasteiger charge is -2.34. The Kier molecular flexibility index (Phi) is 6.61. The van der Waals surface area contributed by atoms with Crippen molar-refractivity contribution in [2.75, 3.05) is 11.9 Å². The first-order chi connectivity index (χ1) is 14.7. The highest BCUT2D eigenvalue weighted by Gasteiger charge is 2.35. The number of aliphatic hydroxyl groups excluding tert-OH is 1. The summed E-state index contributed by atoms with van der Waals surface area (Å²) in [5.41, 5.74) is 1.22. The lowest BCUT2D eigenvalue weighted by atomic mass is 9.78. The number of Topliss-reactive ketones (excluding diaryl/α,β-unsaturated/α-hetero) is 1. The Morgan fingerprint density at radius 3 is 2.26 bits per heavy atom. The monoisotopic (exact) mass is 421 g/mol. The molecule has 0 fully saturated rings. The SMILES string of the molecule is CC(=O)c1ccc(NC(=O)O[C@@H](c2ccc(O)c3ccccc23)C(C)(C)CCO)cc1. The van der Waals surface area contributed by atoms with Crippen LogP contribution in [0.1, 0.15) is 49.2 Å². The van der Waals surface area contributed by atoms with E-state index in [0.29, 0.717) is 23.1 Å². The van der Waals surface area contributed by atoms with Gasteiger partial charge in [0, 0.05) is 34.2 Å². The van der Waals surface area contributed by atoms with Crippen LogP contribution in [0, 0.1) is 5.41 Å². The number of rotatable bonds is 7. The summed E-state index contributed by atoms with van der Waals surface area (Å²) in [6.07, 6.45) is -0.918. The molecule has 6 heteroatoms. The van der Waals surface area contributed by atoms with Crippen molar-refractivity contribution in [3.63, 3.8) is 0 Å². The van der Waals surface area contributed by atoms with Gasteiger partial charge >= 0.3 is 6.09 Å². The average Bonchev–Trinajstić information content (AvgIpc) is 2.73. The highest BCUT2D eigenvalue weighted by molar-refractivity contribution is 5.95. The topological polar surface area (TPSA) is 95.9 Å². The number of hydrogen-bond donors (Lipinski definition) is 3. The Morgan fingerprint density at radius 2 is 1.65 bits per heavy atom. The number of anilines is 1. The number of aromatic hydroxyl groups is 1. The molecule has 162 valence electrons. The van der Waals surface area contributed by atoms with Crippen LogP contribution in [0.4, 0.5) is 10.5 Å². The van der Waals surface area contributed by atoms with E-state index in [-0.39, 0.29) is 18.1 Å². The molecule has 0 aliphatic carbocycles. The molecule has 0 aliphatic heterocycles. The number of carbonyl (C=O) groups is 2. The summed E-state index contributed by atoms with van der Waals surface area (Å²) in [7, 11) is 0. The number of fused-ring (bicyclic) bond motifs is 1. The molecule has 0 saturated heterocycles. The highest BCUT2D eigenvalue weighted by atomic mass is 16.6. The second-order valence-electron chi connectivity index (χ2n) is 8.23. The van der Waals surface area contributed by atoms with E-state index in [1.165, 1.54) is 6.92 Å². The van der Waals surface area contributed by atoms with Gasteiger partial charge < -0.3 is 14.9 Å². The second-order valence-corrected chi connectivity index (χ2v) is 8.23. The van der Waals surface area contributed by atoms with E-state index in [1.54, 1.807) is 42.5 Å². The summed E-state index contributed by atoms with van der Waals surface area (Å²) >= 11 is 0. The van der Waals surface area contributed by atoms with Crippen molar-refractivity contribution in [1.82, 2.24) is 0 Å². The van der Waals surface area contributed by atoms with Crippen LogP contribution in [-0.2, 0) is 4.74 Å². The van der Waals surface area contributed by atoms with Crippen molar-refractivity contribution < 1.29 is 24.5 Å². The van der Waals surface area contributed by atoms with Gasteiger partial charge in [0.25, 0.3) is 0 Å². The van der Waals surface area contributed by atoms with E-state index in [9.17, 15) is 19.8 Å². The zero-order chi connectivity index (χ0) is 22.6. The van der Waals surface area contributed by atoms with Gasteiger partial charge in [-0.25, -0.2) is 4.79 Å². The number of phenols is 1. The minimum absolute atomic E-state index is 0.0563. The third-order valence-electron chi connectivity index (χ3n) is 5.45. The minimum Gasteiger partial charge on any atom is -0.507 e. The number of aliphatic hydroxyl groups is 1. The van der Waals surface area contributed by atoms with Gasteiger partial charge in [-0.2, -0.15) is 0 Å². The Balaban J connectivity index is 1.93. The lowest BCUT2D eigenvalue weighted by Crippen LogP contribution is -2.30. The number of ether oxygens (including phenoxy) is 1. The summed E-state index contributed by atoms with van der Waals surface area (Å²) in [4.78, 5) is 24.2. The van der Waals surface area contributed by atoms with Crippen LogP contribution >= 0.6 is 0 Å². The number of carbonyl (C=O) groups excluding carboxylic acids is 2. The van der Waals surface area contributed by atoms with Gasteiger partial charge in [0.15, 0.2) is 5.78 Å². The Hall–Kier alpha value is -3.38. The number of ketones is 1. The molecule has 3 aromatic carbocycles. The first-order valence-electron chi connectivity index (χ1n) is 10.1. The first kappa shape index (κ1) is 22.3. The van der Waals surface area contributed by atoms with Crippen molar-refractivity contribution >= 4 is 28.3 Å². The zero-order valence-electron chi connectivity index (χ0n) is 17.9. The molecular formula is C25H27NO5. The van der Waals surface area contributed by atoms with Gasteiger partial charge in [-0.15, -0.1) is 0 Å². The molecule has 1 atom stereocenters. The van der Waals surface area contributed by atoms with E-state index in [2.05, 4.69) is 5.32 Å². The standard InChI is InChI=1S/C25H27NO5/c1-16(28)17-8-10-18(11-9-17)26-24(30)31-23(25(2,3)14-15-27)21-12-13-22(29)20-7-5-4-6-19(20)21/h4-13,23,27,29H,14-15H2,1-3H3,(H,26,30)/t23-/m0/s1. The van der Waals surface area contributed by atoms with Crippen LogP contribution in [0.25, 0.3) is 10.8 Å². The van der Waals surface area contributed by atoms with E-state index >= 15 is 0 Å². The van der Waals surface area contributed by atoms with Crippen LogP contribution in [-0.4, -0.2) is 28.7 Å². The number of benzene rings is 3. The molecule has 0 radical (unpaired) electrons. The summed E-state index contributed by atoms with van der Waals surface area (Å²) in [5.74, 6) is 0.0900. The van der Waals surface area contributed by atoms with E-state index < -0.39 is 17.6 Å². The summed E-state index contributed by atoms with van der Waals surface area (Å²) in [5, 5.41) is 23.9. The fourth-order valence-corrected chi connectivity index (χ4v) is 3.64. The molecule has 1 amide bonds. The smallest absolute Gasteiger partial charge is 0.412 e. The Morgan fingerprint density at radius 1 is 1.00 bits per heavy atom. The maximum absolute atomic E-state index is 12.8. The molecule has 0 unspecified atom stereocenters. The van der Waals surface area contributed by atoms with E-state index in [4.69, 9.17) is 4.74 Å². The van der Waals surface area contributed by atoms with Crippen LogP contribution in [0.2, 0.25) is 0 Å². The molecular weight excluding hydrogens is 394 g/mol. The lowest BCUT2D eigenvalue weighted by molar-refractivity contribution is 0.0161. The van der Waals surface area contributed by atoms with Gasteiger partial charge in [-0.05, 0) is 49.1 Å². The van der Waals surface area contributed by atoms with Gasteiger partial charge in [0.1, 0.15) is 11.9 Å². The van der Waals surface area contributed by atoms with E-state index in [0.717, 1.165) is 10.9 Å². The van der Waals surface area contributed by atoms with Gasteiger partial charge in [0.2, 0.25) is 0 Å². The predicted octanol–water partition coefficient (Wildman–Crippen LogP) is 5.45. The zero-order valence-corrected chi connectivity index (χ0v) is 17.9. The van der Waals surface area contributed by atoms with Crippen LogP contribution in [0.3, 0.4) is 0 Å². The number of nitrogens with one attached hydrogen (secondary N) is 1. The normalized spacial score (nSPS) is 12.4. The van der Waals surface area contributed by atoms with Crippen molar-refractivity contribution in [1.29, 1.82) is 0 Å². The molecule has 31 heavy (non-hydrogen) atoms.